The number of aromatic nitrogens is 2. The van der Waals surface area contributed by atoms with E-state index in [9.17, 15) is 4.79 Å². The van der Waals surface area contributed by atoms with Crippen LogP contribution < -0.4 is 0 Å². The van der Waals surface area contributed by atoms with Gasteiger partial charge in [0.05, 0.1) is 5.69 Å². The number of para-hydroxylation sites is 1. The SMILES string of the molecule is CC(=O)Cc1ccc2c(n1)[nH]c1ccccc12. The van der Waals surface area contributed by atoms with E-state index in [1.807, 2.05) is 30.3 Å². The van der Waals surface area contributed by atoms with Gasteiger partial charge in [0.15, 0.2) is 0 Å². The minimum Gasteiger partial charge on any atom is -0.339 e. The Morgan fingerprint density at radius 2 is 2.00 bits per heavy atom. The van der Waals surface area contributed by atoms with E-state index in [1.54, 1.807) is 6.92 Å². The van der Waals surface area contributed by atoms with E-state index in [0.29, 0.717) is 6.42 Å². The number of H-pyrrole nitrogens is 1. The van der Waals surface area contributed by atoms with Gasteiger partial charge in [0.2, 0.25) is 0 Å². The number of Topliss-reactive ketones (excluding diaryl/α,β-unsaturated/α-hetero) is 1. The number of fused-ring (bicyclic) bond motifs is 3. The molecule has 3 nitrogen and oxygen atoms in total. The molecule has 17 heavy (non-hydrogen) atoms. The second kappa shape index (κ2) is 3.70. The summed E-state index contributed by atoms with van der Waals surface area (Å²) in [6.07, 6.45) is 0.394. The number of pyridine rings is 1. The number of nitrogens with one attached hydrogen (secondary N) is 1. The molecule has 0 radical (unpaired) electrons. The standard InChI is InChI=1S/C14H12N2O/c1-9(17)8-10-6-7-12-11-4-2-3-5-13(11)16-14(12)15-10/h2-7H,8H2,1H3,(H,15,16). The van der Waals surface area contributed by atoms with Crippen molar-refractivity contribution in [2.45, 2.75) is 13.3 Å². The van der Waals surface area contributed by atoms with Gasteiger partial charge in [-0.15, -0.1) is 0 Å². The molecule has 0 aliphatic rings. The highest BCUT2D eigenvalue weighted by atomic mass is 16.1. The average Bonchev–Trinajstić information content (AvgIpc) is 2.65. The molecule has 0 amide bonds. The molecule has 3 heteroatoms. The van der Waals surface area contributed by atoms with Crippen molar-refractivity contribution in [1.82, 2.24) is 9.97 Å². The van der Waals surface area contributed by atoms with Crippen LogP contribution in [-0.2, 0) is 11.2 Å². The van der Waals surface area contributed by atoms with Gasteiger partial charge < -0.3 is 4.98 Å². The molecule has 0 unspecified atom stereocenters. The fourth-order valence-electron chi connectivity index (χ4n) is 2.12. The van der Waals surface area contributed by atoms with Crippen molar-refractivity contribution in [3.05, 3.63) is 42.1 Å². The van der Waals surface area contributed by atoms with Crippen molar-refractivity contribution >= 4 is 27.7 Å². The van der Waals surface area contributed by atoms with Crippen LogP contribution >= 0.6 is 0 Å². The van der Waals surface area contributed by atoms with Crippen LogP contribution in [0.4, 0.5) is 0 Å². The molecule has 1 N–H and O–H groups in total. The van der Waals surface area contributed by atoms with Gasteiger partial charge >= 0.3 is 0 Å². The number of rotatable bonds is 2. The zero-order chi connectivity index (χ0) is 11.8. The second-order valence-electron chi connectivity index (χ2n) is 4.25. The Morgan fingerprint density at radius 3 is 2.82 bits per heavy atom. The van der Waals surface area contributed by atoms with Crippen LogP contribution in [-0.4, -0.2) is 15.8 Å². The first-order valence-corrected chi connectivity index (χ1v) is 5.60. The summed E-state index contributed by atoms with van der Waals surface area (Å²) in [5, 5.41) is 2.28. The van der Waals surface area contributed by atoms with Gasteiger partial charge in [-0.25, -0.2) is 4.98 Å². The molecule has 0 saturated heterocycles. The maximum absolute atomic E-state index is 11.1. The fourth-order valence-corrected chi connectivity index (χ4v) is 2.12. The predicted octanol–water partition coefficient (Wildman–Crippen LogP) is 2.85. The van der Waals surface area contributed by atoms with Gasteiger partial charge in [-0.1, -0.05) is 18.2 Å². The van der Waals surface area contributed by atoms with Crippen molar-refractivity contribution < 1.29 is 4.79 Å². The lowest BCUT2D eigenvalue weighted by molar-refractivity contribution is -0.116. The number of ketones is 1. The molecule has 0 saturated carbocycles. The minimum absolute atomic E-state index is 0.132. The van der Waals surface area contributed by atoms with Gasteiger partial charge in [0.25, 0.3) is 0 Å². The number of aromatic amines is 1. The molecule has 0 aliphatic heterocycles. The van der Waals surface area contributed by atoms with E-state index in [0.717, 1.165) is 22.2 Å². The predicted molar refractivity (Wildman–Crippen MR) is 68.0 cm³/mol. The summed E-state index contributed by atoms with van der Waals surface area (Å²) < 4.78 is 0. The number of hydrogen-bond acceptors (Lipinski definition) is 2. The zero-order valence-electron chi connectivity index (χ0n) is 9.53. The van der Waals surface area contributed by atoms with Crippen LogP contribution in [0.3, 0.4) is 0 Å². The first-order valence-electron chi connectivity index (χ1n) is 5.60. The largest absolute Gasteiger partial charge is 0.339 e. The molecular formula is C14H12N2O. The molecule has 3 rings (SSSR count). The fraction of sp³-hybridized carbons (Fsp3) is 0.143. The van der Waals surface area contributed by atoms with Crippen molar-refractivity contribution in [2.24, 2.45) is 0 Å². The molecule has 1 aromatic carbocycles. The molecule has 0 atom stereocenters. The summed E-state index contributed by atoms with van der Waals surface area (Å²) in [7, 11) is 0. The monoisotopic (exact) mass is 224 g/mol. The molecule has 2 heterocycles. The Hall–Kier alpha value is -2.16. The van der Waals surface area contributed by atoms with E-state index in [2.05, 4.69) is 16.0 Å². The third kappa shape index (κ3) is 1.69. The summed E-state index contributed by atoms with van der Waals surface area (Å²) in [5.74, 6) is 0.132. The third-order valence-electron chi connectivity index (χ3n) is 2.85. The Bertz CT molecular complexity index is 712. The van der Waals surface area contributed by atoms with Crippen LogP contribution in [0, 0.1) is 0 Å². The maximum atomic E-state index is 11.1. The highest BCUT2D eigenvalue weighted by Gasteiger charge is 2.06. The van der Waals surface area contributed by atoms with Crippen LogP contribution in [0.15, 0.2) is 36.4 Å². The van der Waals surface area contributed by atoms with Crippen LogP contribution in [0.1, 0.15) is 12.6 Å². The Balaban J connectivity index is 2.23. The topological polar surface area (TPSA) is 45.8 Å². The van der Waals surface area contributed by atoms with Crippen molar-refractivity contribution in [3.8, 4) is 0 Å². The summed E-state index contributed by atoms with van der Waals surface area (Å²) in [4.78, 5) is 18.8. The summed E-state index contributed by atoms with van der Waals surface area (Å²) in [6, 6.07) is 12.1. The summed E-state index contributed by atoms with van der Waals surface area (Å²) in [5.41, 5.74) is 2.75. The molecule has 84 valence electrons. The lowest BCUT2D eigenvalue weighted by atomic mass is 10.1. The molecule has 0 bridgehead atoms. The molecule has 3 aromatic rings. The van der Waals surface area contributed by atoms with E-state index in [4.69, 9.17) is 0 Å². The van der Waals surface area contributed by atoms with Crippen LogP contribution in [0.25, 0.3) is 21.9 Å². The number of nitrogens with zero attached hydrogens (tertiary/aromatic N) is 1. The van der Waals surface area contributed by atoms with Crippen LogP contribution in [0.5, 0.6) is 0 Å². The van der Waals surface area contributed by atoms with Crippen molar-refractivity contribution in [2.75, 3.05) is 0 Å². The quantitative estimate of drug-likeness (QED) is 0.727. The Morgan fingerprint density at radius 1 is 1.18 bits per heavy atom. The molecule has 0 fully saturated rings. The second-order valence-corrected chi connectivity index (χ2v) is 4.25. The van der Waals surface area contributed by atoms with Gasteiger partial charge in [-0.2, -0.15) is 0 Å². The van der Waals surface area contributed by atoms with Gasteiger partial charge in [0, 0.05) is 22.7 Å². The van der Waals surface area contributed by atoms with Crippen molar-refractivity contribution in [1.29, 1.82) is 0 Å². The third-order valence-corrected chi connectivity index (χ3v) is 2.85. The molecule has 0 aliphatic carbocycles. The number of hydrogen-bond donors (Lipinski definition) is 1. The molecule has 2 aromatic heterocycles. The normalized spacial score (nSPS) is 11.1. The van der Waals surface area contributed by atoms with E-state index in [1.165, 1.54) is 5.39 Å². The van der Waals surface area contributed by atoms with E-state index in [-0.39, 0.29) is 5.78 Å². The van der Waals surface area contributed by atoms with E-state index >= 15 is 0 Å². The lowest BCUT2D eigenvalue weighted by Crippen LogP contribution is -1.98. The molecule has 0 spiro atoms. The molecular weight excluding hydrogens is 212 g/mol. The first kappa shape index (κ1) is 10.0. The van der Waals surface area contributed by atoms with Gasteiger partial charge in [0.1, 0.15) is 11.4 Å². The highest BCUT2D eigenvalue weighted by Crippen LogP contribution is 2.23. The number of benzene rings is 1. The highest BCUT2D eigenvalue weighted by molar-refractivity contribution is 6.05. The maximum Gasteiger partial charge on any atom is 0.138 e. The van der Waals surface area contributed by atoms with Crippen molar-refractivity contribution in [3.63, 3.8) is 0 Å². The number of carbonyl (C=O) groups excluding carboxylic acids is 1. The van der Waals surface area contributed by atoms with Gasteiger partial charge in [-0.05, 0) is 25.1 Å². The zero-order valence-corrected chi connectivity index (χ0v) is 9.53. The van der Waals surface area contributed by atoms with Crippen LogP contribution in [0.2, 0.25) is 0 Å². The first-order chi connectivity index (χ1) is 8.24. The summed E-state index contributed by atoms with van der Waals surface area (Å²) in [6.45, 7) is 1.58. The minimum atomic E-state index is 0.132. The average molecular weight is 224 g/mol. The Labute approximate surface area is 98.5 Å². The smallest absolute Gasteiger partial charge is 0.138 e. The summed E-state index contributed by atoms with van der Waals surface area (Å²) >= 11 is 0. The Kier molecular flexibility index (Phi) is 2.18. The number of carbonyl (C=O) groups is 1. The van der Waals surface area contributed by atoms with E-state index < -0.39 is 0 Å². The lowest BCUT2D eigenvalue weighted by Gasteiger charge is -1.96. The van der Waals surface area contributed by atoms with Gasteiger partial charge in [-0.3, -0.25) is 4.79 Å².